The van der Waals surface area contributed by atoms with E-state index in [2.05, 4.69) is 15.3 Å². The lowest BCUT2D eigenvalue weighted by Gasteiger charge is -2.16. The summed E-state index contributed by atoms with van der Waals surface area (Å²) in [6.45, 7) is 2.99. The number of nitrogens with one attached hydrogen (secondary N) is 1. The van der Waals surface area contributed by atoms with Crippen molar-refractivity contribution < 1.29 is 0 Å². The molecule has 0 atom stereocenters. The number of hydrogen-bond acceptors (Lipinski definition) is 4. The highest BCUT2D eigenvalue weighted by molar-refractivity contribution is 5.40. The van der Waals surface area contributed by atoms with Crippen LogP contribution in [0.5, 0.6) is 0 Å². The number of hydrogen-bond donors (Lipinski definition) is 2. The van der Waals surface area contributed by atoms with Crippen molar-refractivity contribution in [3.63, 3.8) is 0 Å². The van der Waals surface area contributed by atoms with E-state index in [4.69, 9.17) is 5.73 Å². The van der Waals surface area contributed by atoms with E-state index in [0.717, 1.165) is 35.8 Å². The first kappa shape index (κ1) is 10.8. The van der Waals surface area contributed by atoms with Crippen LogP contribution in [0.3, 0.4) is 0 Å². The number of aromatic nitrogens is 2. The molecule has 0 radical (unpaired) electrons. The molecule has 0 spiro atoms. The maximum Gasteiger partial charge on any atom is 0.222 e. The van der Waals surface area contributed by atoms with Crippen molar-refractivity contribution in [2.24, 2.45) is 17.8 Å². The summed E-state index contributed by atoms with van der Waals surface area (Å²) in [4.78, 5) is 8.30. The van der Waals surface area contributed by atoms with Crippen LogP contribution >= 0.6 is 0 Å². The maximum absolute atomic E-state index is 5.65. The molecule has 2 saturated carbocycles. The molecular weight excluding hydrogens is 212 g/mol. The lowest BCUT2D eigenvalue weighted by molar-refractivity contribution is 0.427. The molecule has 3 N–H and O–H groups in total. The largest absolute Gasteiger partial charge is 0.370 e. The molecule has 1 heterocycles. The molecule has 0 amide bonds. The smallest absolute Gasteiger partial charge is 0.222 e. The molecule has 0 unspecified atom stereocenters. The van der Waals surface area contributed by atoms with Crippen LogP contribution in [0, 0.1) is 24.7 Å². The first-order valence-electron chi connectivity index (χ1n) is 6.57. The van der Waals surface area contributed by atoms with Gasteiger partial charge in [-0.2, -0.15) is 4.98 Å². The van der Waals surface area contributed by atoms with E-state index in [0.29, 0.717) is 5.95 Å². The predicted octanol–water partition coefficient (Wildman–Crippen LogP) is 2.22. The molecule has 3 rings (SSSR count). The van der Waals surface area contributed by atoms with Crippen LogP contribution in [0.1, 0.15) is 31.4 Å². The minimum atomic E-state index is 0.363. The van der Waals surface area contributed by atoms with Gasteiger partial charge in [0.2, 0.25) is 5.95 Å². The Morgan fingerprint density at radius 2 is 1.94 bits per heavy atom. The Labute approximate surface area is 102 Å². The Bertz CT molecular complexity index is 378. The van der Waals surface area contributed by atoms with Gasteiger partial charge >= 0.3 is 0 Å². The number of aryl methyl sites for hydroxylation is 1. The molecule has 1 aromatic rings. The zero-order chi connectivity index (χ0) is 11.8. The van der Waals surface area contributed by atoms with E-state index in [1.165, 1.54) is 25.7 Å². The molecule has 0 bridgehead atoms. The highest BCUT2D eigenvalue weighted by Crippen LogP contribution is 2.49. The molecule has 4 heteroatoms. The standard InChI is InChI=1S/C13H20N4/c1-8-6-12(17-13(14)16-8)15-7-11(9-2-3-9)10-4-5-10/h6,9-11H,2-5,7H2,1H3,(H3,14,15,16,17). The third-order valence-corrected chi connectivity index (χ3v) is 3.85. The van der Waals surface area contributed by atoms with Crippen molar-refractivity contribution in [1.82, 2.24) is 9.97 Å². The Balaban J connectivity index is 1.61. The van der Waals surface area contributed by atoms with Crippen molar-refractivity contribution in [3.8, 4) is 0 Å². The number of nitrogens with zero attached hydrogens (tertiary/aromatic N) is 2. The van der Waals surface area contributed by atoms with Crippen LogP contribution in [-0.4, -0.2) is 16.5 Å². The fourth-order valence-corrected chi connectivity index (χ4v) is 2.67. The average Bonchev–Trinajstić information content (AvgIpc) is 3.12. The first-order valence-corrected chi connectivity index (χ1v) is 6.57. The van der Waals surface area contributed by atoms with Gasteiger partial charge in [-0.1, -0.05) is 0 Å². The second-order valence-corrected chi connectivity index (χ2v) is 5.47. The number of rotatable bonds is 5. The zero-order valence-electron chi connectivity index (χ0n) is 10.3. The van der Waals surface area contributed by atoms with Crippen molar-refractivity contribution in [1.29, 1.82) is 0 Å². The van der Waals surface area contributed by atoms with E-state index >= 15 is 0 Å². The van der Waals surface area contributed by atoms with Gasteiger partial charge in [-0.05, 0) is 50.4 Å². The summed E-state index contributed by atoms with van der Waals surface area (Å²) in [6.07, 6.45) is 5.70. The second-order valence-electron chi connectivity index (χ2n) is 5.47. The summed E-state index contributed by atoms with van der Waals surface area (Å²) in [5.41, 5.74) is 6.57. The minimum absolute atomic E-state index is 0.363. The van der Waals surface area contributed by atoms with Gasteiger partial charge in [-0.15, -0.1) is 0 Å². The third-order valence-electron chi connectivity index (χ3n) is 3.85. The van der Waals surface area contributed by atoms with Gasteiger partial charge in [0, 0.05) is 18.3 Å². The van der Waals surface area contributed by atoms with E-state index < -0.39 is 0 Å². The minimum Gasteiger partial charge on any atom is -0.370 e. The molecule has 2 aliphatic carbocycles. The lowest BCUT2D eigenvalue weighted by atomic mass is 9.98. The lowest BCUT2D eigenvalue weighted by Crippen LogP contribution is -2.19. The van der Waals surface area contributed by atoms with Crippen LogP contribution in [0.15, 0.2) is 6.07 Å². The van der Waals surface area contributed by atoms with Gasteiger partial charge in [0.1, 0.15) is 5.82 Å². The molecule has 1 aromatic heterocycles. The maximum atomic E-state index is 5.65. The molecular formula is C13H20N4. The number of nitrogen functional groups attached to an aromatic ring is 1. The topological polar surface area (TPSA) is 63.8 Å². The Morgan fingerprint density at radius 3 is 2.47 bits per heavy atom. The van der Waals surface area contributed by atoms with Gasteiger partial charge in [-0.25, -0.2) is 4.98 Å². The SMILES string of the molecule is Cc1cc(NCC(C2CC2)C2CC2)nc(N)n1. The summed E-state index contributed by atoms with van der Waals surface area (Å²) in [5.74, 6) is 4.03. The molecule has 0 saturated heterocycles. The summed E-state index contributed by atoms with van der Waals surface area (Å²) in [7, 11) is 0. The molecule has 0 aliphatic heterocycles. The van der Waals surface area contributed by atoms with Crippen molar-refractivity contribution in [3.05, 3.63) is 11.8 Å². The van der Waals surface area contributed by atoms with E-state index in [9.17, 15) is 0 Å². The van der Waals surface area contributed by atoms with Gasteiger partial charge < -0.3 is 11.1 Å². The summed E-state index contributed by atoms with van der Waals surface area (Å²) in [6, 6.07) is 1.97. The van der Waals surface area contributed by atoms with Crippen LogP contribution in [0.4, 0.5) is 11.8 Å². The van der Waals surface area contributed by atoms with Gasteiger partial charge in [0.15, 0.2) is 0 Å². The quantitative estimate of drug-likeness (QED) is 0.817. The monoisotopic (exact) mass is 232 g/mol. The Hall–Kier alpha value is -1.32. The number of nitrogens with two attached hydrogens (primary N) is 1. The predicted molar refractivity (Wildman–Crippen MR) is 68.6 cm³/mol. The first-order chi connectivity index (χ1) is 8.22. The van der Waals surface area contributed by atoms with Crippen LogP contribution in [-0.2, 0) is 0 Å². The van der Waals surface area contributed by atoms with Crippen molar-refractivity contribution in [2.45, 2.75) is 32.6 Å². The van der Waals surface area contributed by atoms with Crippen molar-refractivity contribution >= 4 is 11.8 Å². The highest BCUT2D eigenvalue weighted by Gasteiger charge is 2.41. The van der Waals surface area contributed by atoms with E-state index in [-0.39, 0.29) is 0 Å². The highest BCUT2D eigenvalue weighted by atomic mass is 15.1. The molecule has 17 heavy (non-hydrogen) atoms. The summed E-state index contributed by atoms with van der Waals surface area (Å²) in [5, 5.41) is 3.44. The third kappa shape index (κ3) is 2.68. The van der Waals surface area contributed by atoms with Crippen LogP contribution in [0.25, 0.3) is 0 Å². The Kier molecular flexibility index (Phi) is 2.65. The average molecular weight is 232 g/mol. The van der Waals surface area contributed by atoms with Crippen LogP contribution in [0.2, 0.25) is 0 Å². The fourth-order valence-electron chi connectivity index (χ4n) is 2.67. The molecule has 2 aliphatic rings. The molecule has 0 aromatic carbocycles. The Morgan fingerprint density at radius 1 is 1.29 bits per heavy atom. The zero-order valence-corrected chi connectivity index (χ0v) is 10.3. The summed E-state index contributed by atoms with van der Waals surface area (Å²) >= 11 is 0. The van der Waals surface area contributed by atoms with Gasteiger partial charge in [0.25, 0.3) is 0 Å². The van der Waals surface area contributed by atoms with Gasteiger partial charge in [0.05, 0.1) is 0 Å². The molecule has 4 nitrogen and oxygen atoms in total. The van der Waals surface area contributed by atoms with Crippen LogP contribution < -0.4 is 11.1 Å². The van der Waals surface area contributed by atoms with Gasteiger partial charge in [-0.3, -0.25) is 0 Å². The second kappa shape index (κ2) is 4.17. The molecule has 92 valence electrons. The summed E-state index contributed by atoms with van der Waals surface area (Å²) < 4.78 is 0. The van der Waals surface area contributed by atoms with E-state index in [1.807, 2.05) is 13.0 Å². The number of anilines is 2. The van der Waals surface area contributed by atoms with Crippen molar-refractivity contribution in [2.75, 3.05) is 17.6 Å². The normalized spacial score (nSPS) is 19.6. The molecule has 2 fully saturated rings. The fraction of sp³-hybridized carbons (Fsp3) is 0.692. The van der Waals surface area contributed by atoms with E-state index in [1.54, 1.807) is 0 Å².